The normalized spacial score (nSPS) is 16.0. The first-order valence-corrected chi connectivity index (χ1v) is 11.6. The Morgan fingerprint density at radius 2 is 1.96 bits per heavy atom. The van der Waals surface area contributed by atoms with Gasteiger partial charge in [0, 0.05) is 21.2 Å². The van der Waals surface area contributed by atoms with Crippen LogP contribution in [0.25, 0.3) is 10.1 Å². The zero-order valence-electron chi connectivity index (χ0n) is 13.7. The molecule has 1 aromatic carbocycles. The summed E-state index contributed by atoms with van der Waals surface area (Å²) in [6.07, 6.45) is -3.62. The third-order valence-corrected chi connectivity index (χ3v) is 8.20. The second-order valence-electron chi connectivity index (χ2n) is 5.49. The van der Waals surface area contributed by atoms with Crippen LogP contribution in [0.1, 0.15) is 17.7 Å². The molecular weight excluding hydrogens is 498 g/mol. The van der Waals surface area contributed by atoms with Crippen molar-refractivity contribution in [1.82, 2.24) is 0 Å². The summed E-state index contributed by atoms with van der Waals surface area (Å²) in [5.41, 5.74) is -3.30. The fraction of sp³-hybridized carbons (Fsp3) is 0.467. The third-order valence-electron chi connectivity index (χ3n) is 3.61. The minimum absolute atomic E-state index is 0.159. The van der Waals surface area contributed by atoms with Crippen molar-refractivity contribution in [2.24, 2.45) is 0 Å². The van der Waals surface area contributed by atoms with Gasteiger partial charge in [-0.3, -0.25) is 0 Å². The van der Waals surface area contributed by atoms with E-state index in [9.17, 15) is 22.0 Å². The van der Waals surface area contributed by atoms with E-state index in [1.165, 1.54) is 11.8 Å². The summed E-state index contributed by atoms with van der Waals surface area (Å²) < 4.78 is 82.0. The molecule has 1 aliphatic rings. The number of benzene rings is 1. The highest BCUT2D eigenvalue weighted by Gasteiger charge is 2.51. The Kier molecular flexibility index (Phi) is 6.60. The Hall–Kier alpha value is -0.190. The van der Waals surface area contributed by atoms with E-state index < -0.39 is 26.6 Å². The van der Waals surface area contributed by atoms with Gasteiger partial charge in [0.2, 0.25) is 0 Å². The first-order valence-electron chi connectivity index (χ1n) is 7.57. The lowest BCUT2D eigenvalue weighted by molar-refractivity contribution is -0.136. The summed E-state index contributed by atoms with van der Waals surface area (Å²) in [6, 6.07) is 3.38. The summed E-state index contributed by atoms with van der Waals surface area (Å²) in [4.78, 5) is 0.505. The average molecular weight is 511 g/mol. The Bertz CT molecular complexity index is 826. The van der Waals surface area contributed by atoms with E-state index in [0.29, 0.717) is 10.1 Å². The average Bonchev–Trinajstić information content (AvgIpc) is 2.86. The number of hydrogen-bond acceptors (Lipinski definition) is 5. The SMILES string of the molecule is CSc1cc(OCCCC(F)(F)F)c2sc(C(F)(F)P3OCO3)c(Br)c2c1. The van der Waals surface area contributed by atoms with Crippen molar-refractivity contribution in [3.05, 3.63) is 21.5 Å². The van der Waals surface area contributed by atoms with E-state index in [0.717, 1.165) is 16.2 Å². The van der Waals surface area contributed by atoms with Gasteiger partial charge in [0.25, 0.3) is 8.38 Å². The van der Waals surface area contributed by atoms with Crippen LogP contribution in [0.15, 0.2) is 21.5 Å². The molecule has 2 heterocycles. The molecule has 150 valence electrons. The molecule has 1 fully saturated rings. The molecule has 0 saturated carbocycles. The molecule has 27 heavy (non-hydrogen) atoms. The van der Waals surface area contributed by atoms with Crippen LogP contribution in [0.5, 0.6) is 5.75 Å². The number of thiophene rings is 1. The van der Waals surface area contributed by atoms with Gasteiger partial charge in [-0.15, -0.1) is 23.1 Å². The predicted molar refractivity (Wildman–Crippen MR) is 99.9 cm³/mol. The van der Waals surface area contributed by atoms with E-state index >= 15 is 0 Å². The number of halogens is 6. The molecule has 2 aromatic rings. The van der Waals surface area contributed by atoms with Gasteiger partial charge in [-0.1, -0.05) is 0 Å². The number of ether oxygens (including phenoxy) is 1. The topological polar surface area (TPSA) is 27.7 Å². The van der Waals surface area contributed by atoms with Crippen molar-refractivity contribution in [1.29, 1.82) is 0 Å². The van der Waals surface area contributed by atoms with Crippen molar-refractivity contribution < 1.29 is 35.7 Å². The van der Waals surface area contributed by atoms with Crippen molar-refractivity contribution >= 4 is 57.5 Å². The number of rotatable bonds is 7. The number of alkyl halides is 5. The first kappa shape index (κ1) is 21.5. The van der Waals surface area contributed by atoms with Gasteiger partial charge in [0.05, 0.1) is 16.2 Å². The minimum atomic E-state index is -4.26. The van der Waals surface area contributed by atoms with Crippen LogP contribution in [0.2, 0.25) is 0 Å². The zero-order chi connectivity index (χ0) is 19.8. The minimum Gasteiger partial charge on any atom is -0.492 e. The van der Waals surface area contributed by atoms with Gasteiger partial charge in [0.1, 0.15) is 5.75 Å². The molecule has 0 atom stereocenters. The van der Waals surface area contributed by atoms with Crippen LogP contribution in [-0.2, 0) is 14.7 Å². The van der Waals surface area contributed by atoms with Crippen LogP contribution in [0.3, 0.4) is 0 Å². The molecule has 0 amide bonds. The molecule has 0 unspecified atom stereocenters. The molecule has 0 spiro atoms. The fourth-order valence-electron chi connectivity index (χ4n) is 2.34. The molecule has 3 nitrogen and oxygen atoms in total. The van der Waals surface area contributed by atoms with Crippen LogP contribution < -0.4 is 4.74 Å². The summed E-state index contributed by atoms with van der Waals surface area (Å²) in [5, 5.41) is 0.517. The highest BCUT2D eigenvalue weighted by atomic mass is 79.9. The molecule has 0 radical (unpaired) electrons. The van der Waals surface area contributed by atoms with Crippen LogP contribution in [0.4, 0.5) is 22.0 Å². The summed E-state index contributed by atoms with van der Waals surface area (Å²) in [7, 11) is -2.34. The highest BCUT2D eigenvalue weighted by molar-refractivity contribution is 9.10. The number of thioether (sulfide) groups is 1. The molecule has 12 heteroatoms. The number of hydrogen-bond donors (Lipinski definition) is 0. The Morgan fingerprint density at radius 3 is 2.52 bits per heavy atom. The largest absolute Gasteiger partial charge is 0.492 e. The fourth-order valence-corrected chi connectivity index (χ4v) is 6.08. The number of fused-ring (bicyclic) bond motifs is 1. The lowest BCUT2D eigenvalue weighted by Gasteiger charge is -2.31. The zero-order valence-corrected chi connectivity index (χ0v) is 17.9. The van der Waals surface area contributed by atoms with Gasteiger partial charge in [-0.2, -0.15) is 22.0 Å². The van der Waals surface area contributed by atoms with Crippen molar-refractivity contribution in [2.45, 2.75) is 29.6 Å². The first-order chi connectivity index (χ1) is 12.6. The standard InChI is InChI=1S/C15H13BrF5O3PS2/c1-26-8-5-9-11(16)13(15(20,21)25-23-7-24-25)27-12(9)10(6-8)22-4-2-3-14(17,18)19/h5-6H,2-4,7H2,1H3. The maximum absolute atomic E-state index is 14.6. The summed E-state index contributed by atoms with van der Waals surface area (Å²) >= 11 is 5.43. The lowest BCUT2D eigenvalue weighted by Crippen LogP contribution is -2.20. The van der Waals surface area contributed by atoms with Crippen LogP contribution >= 0.6 is 47.4 Å². The maximum atomic E-state index is 14.6. The smallest absolute Gasteiger partial charge is 0.389 e. The maximum Gasteiger partial charge on any atom is 0.389 e. The van der Waals surface area contributed by atoms with Gasteiger partial charge < -0.3 is 13.8 Å². The summed E-state index contributed by atoms with van der Waals surface area (Å²) in [5.74, 6) is 0.287. The van der Waals surface area contributed by atoms with Gasteiger partial charge in [-0.25, -0.2) is 0 Å². The molecule has 0 aliphatic carbocycles. The second kappa shape index (κ2) is 8.28. The molecule has 3 rings (SSSR count). The van der Waals surface area contributed by atoms with Crippen LogP contribution in [0, 0.1) is 0 Å². The van der Waals surface area contributed by atoms with Gasteiger partial charge >= 0.3 is 11.8 Å². The summed E-state index contributed by atoms with van der Waals surface area (Å²) in [6.45, 7) is -0.319. The molecule has 1 aromatic heterocycles. The van der Waals surface area contributed by atoms with E-state index in [2.05, 4.69) is 15.9 Å². The molecule has 0 N–H and O–H groups in total. The second-order valence-corrected chi connectivity index (χ2v) is 9.77. The van der Waals surface area contributed by atoms with Crippen molar-refractivity contribution in [3.8, 4) is 5.75 Å². The van der Waals surface area contributed by atoms with E-state index in [1.807, 2.05) is 6.26 Å². The highest BCUT2D eigenvalue weighted by Crippen LogP contribution is 2.67. The third kappa shape index (κ3) is 4.70. The van der Waals surface area contributed by atoms with E-state index in [1.54, 1.807) is 12.1 Å². The van der Waals surface area contributed by atoms with Crippen molar-refractivity contribution in [2.75, 3.05) is 19.7 Å². The van der Waals surface area contributed by atoms with Gasteiger partial charge in [-0.05, 0) is 40.7 Å². The van der Waals surface area contributed by atoms with Crippen LogP contribution in [-0.4, -0.2) is 25.8 Å². The van der Waals surface area contributed by atoms with E-state index in [-0.39, 0.29) is 34.9 Å². The lowest BCUT2D eigenvalue weighted by atomic mass is 10.2. The predicted octanol–water partition coefficient (Wildman–Crippen LogP) is 7.47. The molecule has 1 saturated heterocycles. The van der Waals surface area contributed by atoms with Crippen molar-refractivity contribution in [3.63, 3.8) is 0 Å². The molecule has 1 aliphatic heterocycles. The quantitative estimate of drug-likeness (QED) is 0.167. The Morgan fingerprint density at radius 1 is 1.26 bits per heavy atom. The molecule has 0 bridgehead atoms. The van der Waals surface area contributed by atoms with E-state index in [4.69, 9.17) is 13.8 Å². The monoisotopic (exact) mass is 510 g/mol. The van der Waals surface area contributed by atoms with Gasteiger partial charge in [0.15, 0.2) is 6.79 Å². The molecular formula is C15H13BrF5O3PS2. The Labute approximate surface area is 169 Å². The Balaban J connectivity index is 1.92.